The zero-order valence-electron chi connectivity index (χ0n) is 12.2. The lowest BCUT2D eigenvalue weighted by Crippen LogP contribution is -2.40. The van der Waals surface area contributed by atoms with E-state index in [0.717, 1.165) is 6.54 Å². The van der Waals surface area contributed by atoms with Gasteiger partial charge in [0.25, 0.3) is 0 Å². The lowest BCUT2D eigenvalue weighted by molar-refractivity contribution is 0.122. The molecule has 1 atom stereocenters. The Balaban J connectivity index is 2.07. The number of nitrogens with zero attached hydrogens (tertiary/aromatic N) is 1. The highest BCUT2D eigenvalue weighted by Crippen LogP contribution is 2.18. The van der Waals surface area contributed by atoms with E-state index >= 15 is 0 Å². The number of sulfonamides is 1. The molecule has 1 rings (SSSR count). The fraction of sp³-hybridized carbons (Fsp3) is 1.00. The first kappa shape index (κ1) is 16.8. The quantitative estimate of drug-likeness (QED) is 0.508. The summed E-state index contributed by atoms with van der Waals surface area (Å²) in [5, 5.41) is 2.82. The second kappa shape index (κ2) is 8.16. The maximum absolute atomic E-state index is 11.9. The molecule has 0 heterocycles. The lowest BCUT2D eigenvalue weighted by atomic mass is 10.4. The van der Waals surface area contributed by atoms with Gasteiger partial charge in [-0.1, -0.05) is 0 Å². The standard InChI is InChI=1S/C12H27N3O3S/c1-11(10-13-12-4-5-12)19(16,17)14-6-8-18-9-7-15(2)3/h11-14H,4-10H2,1-3H3. The summed E-state index contributed by atoms with van der Waals surface area (Å²) >= 11 is 0. The molecule has 1 unspecified atom stereocenters. The number of rotatable bonds is 11. The monoisotopic (exact) mass is 293 g/mol. The Bertz CT molecular complexity index is 342. The van der Waals surface area contributed by atoms with Crippen molar-refractivity contribution in [3.8, 4) is 0 Å². The Hall–Kier alpha value is -0.210. The van der Waals surface area contributed by atoms with Gasteiger partial charge >= 0.3 is 0 Å². The average molecular weight is 293 g/mol. The van der Waals surface area contributed by atoms with Gasteiger partial charge in [-0.05, 0) is 33.9 Å². The van der Waals surface area contributed by atoms with Gasteiger partial charge < -0.3 is 15.0 Å². The third-order valence-corrected chi connectivity index (χ3v) is 4.87. The molecule has 0 aliphatic heterocycles. The van der Waals surface area contributed by atoms with Gasteiger partial charge in [0.15, 0.2) is 0 Å². The molecule has 1 saturated carbocycles. The van der Waals surface area contributed by atoms with Gasteiger partial charge in [-0.15, -0.1) is 0 Å². The number of hydrogen-bond donors (Lipinski definition) is 2. The summed E-state index contributed by atoms with van der Waals surface area (Å²) < 4.78 is 31.7. The second-order valence-corrected chi connectivity index (χ2v) is 7.53. The molecule has 7 heteroatoms. The second-order valence-electron chi connectivity index (χ2n) is 5.35. The Morgan fingerprint density at radius 3 is 2.58 bits per heavy atom. The summed E-state index contributed by atoms with van der Waals surface area (Å²) in [7, 11) is 0.711. The Kier molecular flexibility index (Phi) is 7.23. The van der Waals surface area contributed by atoms with E-state index in [-0.39, 0.29) is 0 Å². The minimum atomic E-state index is -3.23. The average Bonchev–Trinajstić information content (AvgIpc) is 3.14. The highest BCUT2D eigenvalue weighted by molar-refractivity contribution is 7.90. The van der Waals surface area contributed by atoms with Crippen LogP contribution >= 0.6 is 0 Å². The molecule has 114 valence electrons. The predicted octanol–water partition coefficient (Wildman–Crippen LogP) is -0.375. The van der Waals surface area contributed by atoms with Crippen LogP contribution in [0.3, 0.4) is 0 Å². The van der Waals surface area contributed by atoms with Crippen LogP contribution in [0.5, 0.6) is 0 Å². The van der Waals surface area contributed by atoms with Crippen LogP contribution in [0, 0.1) is 0 Å². The van der Waals surface area contributed by atoms with Crippen molar-refractivity contribution in [1.29, 1.82) is 0 Å². The Morgan fingerprint density at radius 2 is 2.00 bits per heavy atom. The van der Waals surface area contributed by atoms with E-state index in [4.69, 9.17) is 4.74 Å². The normalized spacial score (nSPS) is 17.9. The van der Waals surface area contributed by atoms with Gasteiger partial charge in [0, 0.05) is 25.7 Å². The van der Waals surface area contributed by atoms with Gasteiger partial charge in [0.2, 0.25) is 10.0 Å². The first-order valence-corrected chi connectivity index (χ1v) is 8.41. The van der Waals surface area contributed by atoms with Crippen LogP contribution in [0.4, 0.5) is 0 Å². The van der Waals surface area contributed by atoms with E-state index in [2.05, 4.69) is 10.0 Å². The van der Waals surface area contributed by atoms with Crippen molar-refractivity contribution in [2.45, 2.75) is 31.1 Å². The number of nitrogens with one attached hydrogen (secondary N) is 2. The van der Waals surface area contributed by atoms with E-state index in [9.17, 15) is 8.42 Å². The van der Waals surface area contributed by atoms with Crippen molar-refractivity contribution >= 4 is 10.0 Å². The molecule has 0 radical (unpaired) electrons. The van der Waals surface area contributed by atoms with Crippen molar-refractivity contribution in [3.05, 3.63) is 0 Å². The molecule has 1 fully saturated rings. The third kappa shape index (κ3) is 7.84. The maximum Gasteiger partial charge on any atom is 0.215 e. The summed E-state index contributed by atoms with van der Waals surface area (Å²) in [4.78, 5) is 2.02. The molecule has 19 heavy (non-hydrogen) atoms. The van der Waals surface area contributed by atoms with Gasteiger partial charge in [-0.25, -0.2) is 13.1 Å². The van der Waals surface area contributed by atoms with Gasteiger partial charge in [-0.3, -0.25) is 0 Å². The molecule has 0 aromatic carbocycles. The minimum Gasteiger partial charge on any atom is -0.379 e. The van der Waals surface area contributed by atoms with Crippen molar-refractivity contribution in [2.75, 3.05) is 46.9 Å². The van der Waals surface area contributed by atoms with Crippen LogP contribution in [-0.2, 0) is 14.8 Å². The van der Waals surface area contributed by atoms with Crippen LogP contribution in [0.15, 0.2) is 0 Å². The molecule has 1 aliphatic rings. The molecule has 0 saturated heterocycles. The van der Waals surface area contributed by atoms with Crippen molar-refractivity contribution in [2.24, 2.45) is 0 Å². The SMILES string of the molecule is CC(CNC1CC1)S(=O)(=O)NCCOCCN(C)C. The van der Waals surface area contributed by atoms with E-state index in [0.29, 0.717) is 32.3 Å². The molecule has 0 bridgehead atoms. The number of hydrogen-bond acceptors (Lipinski definition) is 5. The van der Waals surface area contributed by atoms with E-state index in [1.165, 1.54) is 12.8 Å². The Morgan fingerprint density at radius 1 is 1.32 bits per heavy atom. The predicted molar refractivity (Wildman–Crippen MR) is 76.8 cm³/mol. The molecule has 2 N–H and O–H groups in total. The van der Waals surface area contributed by atoms with Crippen molar-refractivity contribution in [1.82, 2.24) is 14.9 Å². The Labute approximate surface area is 116 Å². The number of ether oxygens (including phenoxy) is 1. The molecule has 0 spiro atoms. The zero-order valence-corrected chi connectivity index (χ0v) is 13.0. The zero-order chi connectivity index (χ0) is 14.3. The maximum atomic E-state index is 11.9. The van der Waals surface area contributed by atoms with Crippen LogP contribution in [0.1, 0.15) is 19.8 Å². The van der Waals surface area contributed by atoms with Crippen LogP contribution in [0.25, 0.3) is 0 Å². The first-order valence-electron chi connectivity index (χ1n) is 6.86. The summed E-state index contributed by atoms with van der Waals surface area (Å²) in [6.45, 7) is 4.45. The summed E-state index contributed by atoms with van der Waals surface area (Å²) in [5.41, 5.74) is 0. The van der Waals surface area contributed by atoms with Gasteiger partial charge in [0.1, 0.15) is 0 Å². The van der Waals surface area contributed by atoms with Crippen molar-refractivity contribution < 1.29 is 13.2 Å². The van der Waals surface area contributed by atoms with E-state index < -0.39 is 15.3 Å². The van der Waals surface area contributed by atoms with Crippen LogP contribution in [0.2, 0.25) is 0 Å². The molecule has 0 aromatic rings. The molecule has 0 amide bonds. The summed E-state index contributed by atoms with van der Waals surface area (Å²) in [6.07, 6.45) is 2.33. The van der Waals surface area contributed by atoms with Crippen LogP contribution in [-0.4, -0.2) is 71.6 Å². The van der Waals surface area contributed by atoms with E-state index in [1.54, 1.807) is 6.92 Å². The van der Waals surface area contributed by atoms with Crippen molar-refractivity contribution in [3.63, 3.8) is 0 Å². The molecule has 1 aliphatic carbocycles. The molecule has 6 nitrogen and oxygen atoms in total. The summed E-state index contributed by atoms with van der Waals surface area (Å²) in [5.74, 6) is 0. The summed E-state index contributed by atoms with van der Waals surface area (Å²) in [6, 6.07) is 0.534. The van der Waals surface area contributed by atoms with E-state index in [1.807, 2.05) is 19.0 Å². The largest absolute Gasteiger partial charge is 0.379 e. The smallest absolute Gasteiger partial charge is 0.215 e. The van der Waals surface area contributed by atoms with Gasteiger partial charge in [-0.2, -0.15) is 0 Å². The molecular weight excluding hydrogens is 266 g/mol. The highest BCUT2D eigenvalue weighted by Gasteiger charge is 2.25. The topological polar surface area (TPSA) is 70.7 Å². The van der Waals surface area contributed by atoms with Gasteiger partial charge in [0.05, 0.1) is 18.5 Å². The fourth-order valence-electron chi connectivity index (χ4n) is 1.48. The first-order chi connectivity index (χ1) is 8.92. The third-order valence-electron chi connectivity index (χ3n) is 3.03. The van der Waals surface area contributed by atoms with Crippen LogP contribution < -0.4 is 10.0 Å². The molecular formula is C12H27N3O3S. The highest BCUT2D eigenvalue weighted by atomic mass is 32.2. The lowest BCUT2D eigenvalue weighted by Gasteiger charge is -2.15. The minimum absolute atomic E-state index is 0.337. The fourth-order valence-corrected chi connectivity index (χ4v) is 2.45. The molecule has 0 aromatic heterocycles. The number of likely N-dealkylation sites (N-methyl/N-ethyl adjacent to an activating group) is 1.